The lowest BCUT2D eigenvalue weighted by Gasteiger charge is -2.18. The number of unbranched alkanes of at least 4 members (excludes halogenated alkanes) is 41. The molecular formula is C59H112O6. The minimum absolute atomic E-state index is 0.0687. The van der Waals surface area contributed by atoms with Crippen LogP contribution in [0.3, 0.4) is 0 Å². The smallest absolute Gasteiger partial charge is 0.306 e. The minimum atomic E-state index is -0.767. The summed E-state index contributed by atoms with van der Waals surface area (Å²) < 4.78 is 16.8. The fourth-order valence-electron chi connectivity index (χ4n) is 8.85. The van der Waals surface area contributed by atoms with Gasteiger partial charge in [0, 0.05) is 19.3 Å². The second kappa shape index (κ2) is 54.8. The van der Waals surface area contributed by atoms with Crippen molar-refractivity contribution in [2.24, 2.45) is 0 Å². The Balaban J connectivity index is 4.04. The van der Waals surface area contributed by atoms with Crippen molar-refractivity contribution < 1.29 is 28.6 Å². The highest BCUT2D eigenvalue weighted by molar-refractivity contribution is 5.71. The molecule has 1 atom stereocenters. The summed E-state index contributed by atoms with van der Waals surface area (Å²) in [6.45, 7) is 6.62. The highest BCUT2D eigenvalue weighted by Crippen LogP contribution is 2.17. The van der Waals surface area contributed by atoms with E-state index in [1.54, 1.807) is 0 Å². The van der Waals surface area contributed by atoms with Crippen molar-refractivity contribution in [1.29, 1.82) is 0 Å². The van der Waals surface area contributed by atoms with Crippen molar-refractivity contribution in [3.8, 4) is 0 Å². The van der Waals surface area contributed by atoms with E-state index in [0.29, 0.717) is 19.3 Å². The average Bonchev–Trinajstić information content (AvgIpc) is 3.30. The van der Waals surface area contributed by atoms with Crippen LogP contribution in [0, 0.1) is 0 Å². The first kappa shape index (κ1) is 63.1. The molecule has 0 saturated heterocycles. The molecule has 0 N–H and O–H groups in total. The van der Waals surface area contributed by atoms with Crippen LogP contribution in [0.2, 0.25) is 0 Å². The Morgan fingerprint density at radius 1 is 0.292 bits per heavy atom. The molecule has 0 fully saturated rings. The van der Waals surface area contributed by atoms with Crippen molar-refractivity contribution in [2.75, 3.05) is 13.2 Å². The van der Waals surface area contributed by atoms with Crippen LogP contribution in [0.1, 0.15) is 329 Å². The van der Waals surface area contributed by atoms with E-state index in [1.807, 2.05) is 0 Å². The van der Waals surface area contributed by atoms with Gasteiger partial charge in [0.1, 0.15) is 13.2 Å². The van der Waals surface area contributed by atoms with Gasteiger partial charge in [-0.2, -0.15) is 0 Å². The average molecular weight is 918 g/mol. The predicted octanol–water partition coefficient (Wildman–Crippen LogP) is 19.3. The lowest BCUT2D eigenvalue weighted by Crippen LogP contribution is -2.30. The third-order valence-corrected chi connectivity index (χ3v) is 13.3. The van der Waals surface area contributed by atoms with Gasteiger partial charge in [-0.15, -0.1) is 0 Å². The molecule has 0 heterocycles. The summed E-state index contributed by atoms with van der Waals surface area (Å²) >= 11 is 0. The maximum Gasteiger partial charge on any atom is 0.306 e. The molecule has 0 aromatic carbocycles. The summed E-state index contributed by atoms with van der Waals surface area (Å²) in [6.07, 6.45) is 62.5. The molecular weight excluding hydrogens is 805 g/mol. The van der Waals surface area contributed by atoms with Gasteiger partial charge in [-0.3, -0.25) is 14.4 Å². The van der Waals surface area contributed by atoms with Crippen LogP contribution < -0.4 is 0 Å². The van der Waals surface area contributed by atoms with Crippen LogP contribution in [-0.4, -0.2) is 37.2 Å². The SMILES string of the molecule is CCCCCCCCC/C=C\CCCCCCCC(=O)OC(COC(=O)CCCCCCCC)COC(=O)CCCCCCCCCCCCCCCCCCCCCCCCCCC. The summed E-state index contributed by atoms with van der Waals surface area (Å²) in [7, 11) is 0. The molecule has 384 valence electrons. The number of carbonyl (C=O) groups excluding carboxylic acids is 3. The molecule has 0 aromatic rings. The van der Waals surface area contributed by atoms with Crippen LogP contribution in [0.5, 0.6) is 0 Å². The lowest BCUT2D eigenvalue weighted by molar-refractivity contribution is -0.167. The zero-order valence-corrected chi connectivity index (χ0v) is 44.0. The first-order valence-corrected chi connectivity index (χ1v) is 29.2. The monoisotopic (exact) mass is 917 g/mol. The molecule has 0 bridgehead atoms. The van der Waals surface area contributed by atoms with Gasteiger partial charge in [-0.25, -0.2) is 0 Å². The quantitative estimate of drug-likeness (QED) is 0.0262. The van der Waals surface area contributed by atoms with Crippen LogP contribution in [-0.2, 0) is 28.6 Å². The Bertz CT molecular complexity index is 1010. The number of hydrogen-bond acceptors (Lipinski definition) is 6. The van der Waals surface area contributed by atoms with Gasteiger partial charge in [-0.1, -0.05) is 277 Å². The Hall–Kier alpha value is -1.85. The van der Waals surface area contributed by atoms with E-state index < -0.39 is 6.10 Å². The largest absolute Gasteiger partial charge is 0.462 e. The third-order valence-electron chi connectivity index (χ3n) is 13.3. The molecule has 6 heteroatoms. The van der Waals surface area contributed by atoms with Gasteiger partial charge >= 0.3 is 17.9 Å². The Morgan fingerprint density at radius 2 is 0.508 bits per heavy atom. The summed E-state index contributed by atoms with van der Waals surface area (Å²) in [5.74, 6) is -0.867. The number of carbonyl (C=O) groups is 3. The zero-order valence-electron chi connectivity index (χ0n) is 44.0. The van der Waals surface area contributed by atoms with Gasteiger partial charge in [0.25, 0.3) is 0 Å². The van der Waals surface area contributed by atoms with Gasteiger partial charge in [-0.05, 0) is 44.9 Å². The van der Waals surface area contributed by atoms with Crippen molar-refractivity contribution in [3.05, 3.63) is 12.2 Å². The van der Waals surface area contributed by atoms with Gasteiger partial charge in [0.2, 0.25) is 0 Å². The lowest BCUT2D eigenvalue weighted by atomic mass is 10.0. The summed E-state index contributed by atoms with van der Waals surface area (Å²) in [6, 6.07) is 0. The highest BCUT2D eigenvalue weighted by Gasteiger charge is 2.19. The first-order chi connectivity index (χ1) is 32.0. The van der Waals surface area contributed by atoms with E-state index in [2.05, 4.69) is 32.9 Å². The van der Waals surface area contributed by atoms with E-state index in [0.717, 1.165) is 64.2 Å². The number of rotatable bonds is 54. The summed E-state index contributed by atoms with van der Waals surface area (Å²) in [5, 5.41) is 0. The molecule has 65 heavy (non-hydrogen) atoms. The summed E-state index contributed by atoms with van der Waals surface area (Å²) in [5.41, 5.74) is 0. The third kappa shape index (κ3) is 53.0. The number of ether oxygens (including phenoxy) is 3. The molecule has 0 spiro atoms. The second-order valence-corrected chi connectivity index (χ2v) is 19.9. The van der Waals surface area contributed by atoms with Gasteiger partial charge < -0.3 is 14.2 Å². The fraction of sp³-hybridized carbons (Fsp3) is 0.915. The van der Waals surface area contributed by atoms with E-state index >= 15 is 0 Å². The van der Waals surface area contributed by atoms with E-state index in [9.17, 15) is 14.4 Å². The molecule has 0 radical (unpaired) electrons. The van der Waals surface area contributed by atoms with Crippen molar-refractivity contribution in [3.63, 3.8) is 0 Å². The van der Waals surface area contributed by atoms with Crippen molar-refractivity contribution in [1.82, 2.24) is 0 Å². The van der Waals surface area contributed by atoms with Crippen LogP contribution in [0.15, 0.2) is 12.2 Å². The number of hydrogen-bond donors (Lipinski definition) is 0. The number of esters is 3. The molecule has 0 rings (SSSR count). The second-order valence-electron chi connectivity index (χ2n) is 19.9. The van der Waals surface area contributed by atoms with E-state index in [-0.39, 0.29) is 31.1 Å². The normalized spacial score (nSPS) is 12.0. The first-order valence-electron chi connectivity index (χ1n) is 29.2. The molecule has 0 aliphatic carbocycles. The van der Waals surface area contributed by atoms with Gasteiger partial charge in [0.05, 0.1) is 0 Å². The van der Waals surface area contributed by atoms with Crippen molar-refractivity contribution >= 4 is 17.9 Å². The Kier molecular flexibility index (Phi) is 53.2. The predicted molar refractivity (Wildman–Crippen MR) is 280 cm³/mol. The maximum absolute atomic E-state index is 12.8. The topological polar surface area (TPSA) is 78.9 Å². The zero-order chi connectivity index (χ0) is 47.2. The molecule has 1 unspecified atom stereocenters. The van der Waals surface area contributed by atoms with Crippen molar-refractivity contribution in [2.45, 2.75) is 335 Å². The Labute approximate surface area is 405 Å². The molecule has 0 saturated carbocycles. The van der Waals surface area contributed by atoms with Crippen LogP contribution >= 0.6 is 0 Å². The standard InChI is InChI=1S/C59H112O6/c1-4-7-10-13-16-18-20-22-24-26-27-28-29-30-31-32-33-34-36-37-39-41-43-46-49-52-58(61)64-55-56(54-63-57(60)51-48-45-15-12-9-6-3)65-59(62)53-50-47-44-42-40-38-35-25-23-21-19-17-14-11-8-5-2/h25,35,56H,4-24,26-34,36-55H2,1-3H3/b35-25-. The molecule has 0 aliphatic heterocycles. The van der Waals surface area contributed by atoms with Gasteiger partial charge in [0.15, 0.2) is 6.10 Å². The molecule has 6 nitrogen and oxygen atoms in total. The van der Waals surface area contributed by atoms with E-state index in [4.69, 9.17) is 14.2 Å². The van der Waals surface area contributed by atoms with Crippen LogP contribution in [0.25, 0.3) is 0 Å². The Morgan fingerprint density at radius 3 is 0.769 bits per heavy atom. The molecule has 0 aliphatic rings. The number of allylic oxidation sites excluding steroid dienone is 2. The molecule has 0 aromatic heterocycles. The minimum Gasteiger partial charge on any atom is -0.462 e. The molecule has 0 amide bonds. The summed E-state index contributed by atoms with van der Waals surface area (Å²) in [4.78, 5) is 37.8. The van der Waals surface area contributed by atoms with E-state index in [1.165, 1.54) is 225 Å². The fourth-order valence-corrected chi connectivity index (χ4v) is 8.85. The highest BCUT2D eigenvalue weighted by atomic mass is 16.6. The van der Waals surface area contributed by atoms with Crippen LogP contribution in [0.4, 0.5) is 0 Å². The maximum atomic E-state index is 12.8.